The average Bonchev–Trinajstić information content (AvgIpc) is 2.81. The zero-order valence-electron chi connectivity index (χ0n) is 20.6. The van der Waals surface area contributed by atoms with Gasteiger partial charge in [0.2, 0.25) is 0 Å². The minimum absolute atomic E-state index is 0.108. The Kier molecular flexibility index (Phi) is 15.4. The highest BCUT2D eigenvalue weighted by Crippen LogP contribution is 2.16. The Labute approximate surface area is 227 Å². The van der Waals surface area contributed by atoms with Crippen LogP contribution in [-0.4, -0.2) is 91.3 Å². The lowest BCUT2D eigenvalue weighted by molar-refractivity contribution is 0.129. The number of oxime groups is 4. The summed E-state index contributed by atoms with van der Waals surface area (Å²) in [6.07, 6.45) is -3.57. The molecule has 0 heterocycles. The summed E-state index contributed by atoms with van der Waals surface area (Å²) in [5.74, 6) is 0. The lowest BCUT2D eigenvalue weighted by Gasteiger charge is -2.19. The van der Waals surface area contributed by atoms with Gasteiger partial charge >= 0.3 is 24.4 Å². The minimum Gasteiger partial charge on any atom is -0.297 e. The Hall–Kier alpha value is -2.84. The number of nitrogens with zero attached hydrogens (tertiary/aromatic N) is 8. The van der Waals surface area contributed by atoms with Crippen LogP contribution in [0.4, 0.5) is 19.2 Å². The van der Waals surface area contributed by atoms with E-state index in [9.17, 15) is 19.2 Å². The molecule has 0 N–H and O–H groups in total. The average molecular weight is 587 g/mol. The summed E-state index contributed by atoms with van der Waals surface area (Å²) in [4.78, 5) is 66.2. The van der Waals surface area contributed by atoms with Crippen molar-refractivity contribution in [3.63, 3.8) is 0 Å². The summed E-state index contributed by atoms with van der Waals surface area (Å²) in [7, 11) is 5.33. The fourth-order valence-corrected chi connectivity index (χ4v) is 2.50. The summed E-state index contributed by atoms with van der Waals surface area (Å²) in [5, 5.41) is 14.4. The molecule has 0 aromatic heterocycles. The summed E-state index contributed by atoms with van der Waals surface area (Å²) >= 11 is 9.03. The van der Waals surface area contributed by atoms with Gasteiger partial charge in [0.1, 0.15) is 21.5 Å². The third-order valence-corrected chi connectivity index (χ3v) is 4.81. The van der Waals surface area contributed by atoms with E-state index in [1.165, 1.54) is 55.9 Å². The van der Waals surface area contributed by atoms with E-state index in [0.29, 0.717) is 24.3 Å². The first-order valence-electron chi connectivity index (χ1n) is 9.37. The largest absolute Gasteiger partial charge is 0.447 e. The van der Waals surface area contributed by atoms with Crippen LogP contribution >= 0.6 is 49.5 Å². The van der Waals surface area contributed by atoms with Crippen LogP contribution in [0, 0.1) is 0 Å². The molecule has 0 saturated carbocycles. The lowest BCUT2D eigenvalue weighted by Crippen LogP contribution is -2.29. The molecule has 0 aliphatic rings. The number of thiol groups is 2. The Morgan fingerprint density at radius 1 is 0.528 bits per heavy atom. The molecule has 0 saturated heterocycles. The zero-order chi connectivity index (χ0) is 28.0. The van der Waals surface area contributed by atoms with E-state index in [1.807, 2.05) is 0 Å². The predicted molar refractivity (Wildman–Crippen MR) is 143 cm³/mol. The van der Waals surface area contributed by atoms with Crippen molar-refractivity contribution in [2.24, 2.45) is 20.6 Å². The van der Waals surface area contributed by atoms with Crippen molar-refractivity contribution in [2.75, 3.05) is 28.2 Å². The maximum Gasteiger partial charge on any atom is 0.447 e. The van der Waals surface area contributed by atoms with Crippen LogP contribution in [0.25, 0.3) is 0 Å². The number of amides is 4. The van der Waals surface area contributed by atoms with E-state index in [-0.39, 0.29) is 21.5 Å². The highest BCUT2D eigenvalue weighted by atomic mass is 32.2. The van der Waals surface area contributed by atoms with Gasteiger partial charge < -0.3 is 0 Å². The molecule has 0 fully saturated rings. The van der Waals surface area contributed by atoms with Gasteiger partial charge in [0, 0.05) is 28.2 Å². The monoisotopic (exact) mass is 586 g/mol. The lowest BCUT2D eigenvalue weighted by atomic mass is 10.3. The normalized spacial score (nSPS) is 12.4. The summed E-state index contributed by atoms with van der Waals surface area (Å²) in [6, 6.07) is 0. The second kappa shape index (κ2) is 16.8. The predicted octanol–water partition coefficient (Wildman–Crippen LogP) is 3.66. The summed E-state index contributed by atoms with van der Waals surface area (Å²) < 4.78 is 3.87. The van der Waals surface area contributed by atoms with Gasteiger partial charge in [-0.3, -0.25) is 19.4 Å². The fourth-order valence-electron chi connectivity index (χ4n) is 1.29. The fraction of sp³-hybridized carbons (Fsp3) is 0.500. The quantitative estimate of drug-likeness (QED) is 0.102. The van der Waals surface area contributed by atoms with Crippen LogP contribution < -0.4 is 0 Å². The summed E-state index contributed by atoms with van der Waals surface area (Å²) in [6.45, 7) is 5.91. The van der Waals surface area contributed by atoms with Crippen LogP contribution in [0.1, 0.15) is 27.7 Å². The van der Waals surface area contributed by atoms with Gasteiger partial charge in [0.25, 0.3) is 0 Å². The first kappa shape index (κ1) is 33.2. The maximum absolute atomic E-state index is 12.1. The number of hydrogen-bond donors (Lipinski definition) is 2. The van der Waals surface area contributed by atoms with Crippen LogP contribution in [-0.2, 0) is 19.4 Å². The van der Waals surface area contributed by atoms with Gasteiger partial charge in [0.15, 0.2) is 0 Å². The Balaban J connectivity index is 4.77. The van der Waals surface area contributed by atoms with E-state index in [4.69, 9.17) is 9.68 Å². The number of carbonyl (C=O) groups is 4. The molecule has 0 atom stereocenters. The molecule has 16 nitrogen and oxygen atoms in total. The number of rotatable bonds is 9. The first-order chi connectivity index (χ1) is 16.6. The SMILES string of the molecule is C/C(S)=N\OC(=O)N(C)SN(C)C(=O)O/N=C(C)/C(C)=N/OC(=O)N(C)SN(C)C(=O)O/N=C(\C)S. The molecule has 36 heavy (non-hydrogen) atoms. The highest BCUT2D eigenvalue weighted by Gasteiger charge is 2.21. The van der Waals surface area contributed by atoms with E-state index >= 15 is 0 Å². The van der Waals surface area contributed by atoms with Crippen molar-refractivity contribution in [2.45, 2.75) is 27.7 Å². The van der Waals surface area contributed by atoms with Gasteiger partial charge in [-0.2, -0.15) is 0 Å². The molecule has 0 bridgehead atoms. The van der Waals surface area contributed by atoms with Gasteiger partial charge in [0.05, 0.1) is 24.3 Å². The minimum atomic E-state index is -0.929. The molecule has 4 amide bonds. The third-order valence-electron chi connectivity index (χ3n) is 3.07. The van der Waals surface area contributed by atoms with Gasteiger partial charge in [-0.05, 0) is 27.7 Å². The molecular formula is C16H26N8O8S4. The Bertz CT molecular complexity index is 863. The van der Waals surface area contributed by atoms with Gasteiger partial charge in [-0.1, -0.05) is 20.6 Å². The van der Waals surface area contributed by atoms with Crippen molar-refractivity contribution < 1.29 is 38.5 Å². The maximum atomic E-state index is 12.1. The molecule has 0 rings (SSSR count). The zero-order valence-corrected chi connectivity index (χ0v) is 24.0. The second-order valence-corrected chi connectivity index (χ2v) is 10.0. The van der Waals surface area contributed by atoms with E-state index < -0.39 is 24.4 Å². The van der Waals surface area contributed by atoms with Crippen molar-refractivity contribution in [3.8, 4) is 0 Å². The first-order valence-corrected chi connectivity index (χ1v) is 11.7. The van der Waals surface area contributed by atoms with Crippen LogP contribution in [0.15, 0.2) is 20.6 Å². The number of hydrogen-bond acceptors (Lipinski definition) is 14. The molecule has 0 radical (unpaired) electrons. The third kappa shape index (κ3) is 13.9. The topological polar surface area (TPSA) is 168 Å². The van der Waals surface area contributed by atoms with Crippen molar-refractivity contribution in [1.29, 1.82) is 0 Å². The van der Waals surface area contributed by atoms with Crippen molar-refractivity contribution >= 4 is 95.4 Å². The van der Waals surface area contributed by atoms with E-state index in [1.54, 1.807) is 0 Å². The molecule has 202 valence electrons. The molecular weight excluding hydrogens is 560 g/mol. The molecule has 0 aliphatic carbocycles. The molecule has 0 aliphatic heterocycles. The molecule has 0 unspecified atom stereocenters. The van der Waals surface area contributed by atoms with E-state index in [0.717, 1.165) is 17.2 Å². The highest BCUT2D eigenvalue weighted by molar-refractivity contribution is 7.97. The molecule has 20 heteroatoms. The van der Waals surface area contributed by atoms with E-state index in [2.05, 4.69) is 55.6 Å². The van der Waals surface area contributed by atoms with Gasteiger partial charge in [-0.25, -0.2) is 36.4 Å². The molecule has 0 aromatic rings. The molecule has 0 spiro atoms. The van der Waals surface area contributed by atoms with Crippen molar-refractivity contribution in [3.05, 3.63) is 0 Å². The van der Waals surface area contributed by atoms with Crippen LogP contribution in [0.5, 0.6) is 0 Å². The standard InChI is InChI=1S/C16H26N8O8S4/c1-9(17-29-13(25)21(5)35-23(7)15(27)31-19-11(3)33)10(2)18-30-14(26)22(6)36-24(8)16(28)32-20-12(4)34/h1-8H3,(H,19,33)(H,20,34)/b17-9+,18-10+. The van der Waals surface area contributed by atoms with Gasteiger partial charge in [-0.15, -0.1) is 25.3 Å². The molecule has 0 aromatic carbocycles. The number of carbonyl (C=O) groups excluding carboxylic acids is 4. The Morgan fingerprint density at radius 3 is 0.972 bits per heavy atom. The summed E-state index contributed by atoms with van der Waals surface area (Å²) in [5.41, 5.74) is 0.216. The van der Waals surface area contributed by atoms with Crippen LogP contribution in [0.2, 0.25) is 0 Å². The van der Waals surface area contributed by atoms with Crippen molar-refractivity contribution in [1.82, 2.24) is 17.2 Å². The van der Waals surface area contributed by atoms with Crippen LogP contribution in [0.3, 0.4) is 0 Å². The second-order valence-electron chi connectivity index (χ2n) is 6.21. The Morgan fingerprint density at radius 2 is 0.750 bits per heavy atom. The smallest absolute Gasteiger partial charge is 0.297 e.